The Morgan fingerprint density at radius 3 is 2.21 bits per heavy atom. The largest absolute Gasteiger partial charge is 0.511 e. The minimum Gasteiger partial charge on any atom is -0.511 e. The predicted molar refractivity (Wildman–Crippen MR) is 165 cm³/mol. The standard InChI is InChI=1S/C33H42N2O6S/c1-6-34-27-15-14-21(42(39,40)41)18-25(27)33(4,5)28(34)19-22-30(37)23(31(22)38)20-29-32(2,3)24-12-8-9-13-26(24)35(29)16-10-7-11-17-36/h8-9,12-15,18-20,22,30,36-38H,6-7,10-11,16-17H2,1-5H3,(H,39,40,41). The molecule has 0 saturated heterocycles. The van der Waals surface area contributed by atoms with Gasteiger partial charge < -0.3 is 25.1 Å². The van der Waals surface area contributed by atoms with Crippen LogP contribution in [0, 0.1) is 5.92 Å². The summed E-state index contributed by atoms with van der Waals surface area (Å²) in [7, 11) is -4.36. The van der Waals surface area contributed by atoms with Crippen LogP contribution >= 0.6 is 0 Å². The van der Waals surface area contributed by atoms with Crippen LogP contribution in [0.5, 0.6) is 0 Å². The van der Waals surface area contributed by atoms with Crippen LogP contribution in [-0.4, -0.2) is 54.1 Å². The van der Waals surface area contributed by atoms with Gasteiger partial charge in [0.25, 0.3) is 10.1 Å². The summed E-state index contributed by atoms with van der Waals surface area (Å²) in [5.41, 5.74) is 5.32. The van der Waals surface area contributed by atoms with Gasteiger partial charge in [-0.05, 0) is 67.7 Å². The van der Waals surface area contributed by atoms with Gasteiger partial charge in [0.15, 0.2) is 0 Å². The third kappa shape index (κ3) is 4.86. The lowest BCUT2D eigenvalue weighted by atomic mass is 9.75. The number of unbranched alkanes of at least 4 members (excludes halogenated alkanes) is 2. The molecule has 2 heterocycles. The highest BCUT2D eigenvalue weighted by Gasteiger charge is 2.46. The van der Waals surface area contributed by atoms with E-state index in [1.54, 1.807) is 6.07 Å². The van der Waals surface area contributed by atoms with E-state index in [1.807, 2.05) is 45.1 Å². The molecule has 0 saturated carbocycles. The van der Waals surface area contributed by atoms with E-state index in [9.17, 15) is 28.3 Å². The number of aliphatic hydroxyl groups is 3. The SMILES string of the molecule is CCN1C(=CC2C(O)=C(C=C3N(CCCCCO)c4ccccc4C3(C)C)C2O)C(C)(C)c2cc(S(=O)(=O)O)ccc21. The number of anilines is 2. The summed E-state index contributed by atoms with van der Waals surface area (Å²) in [4.78, 5) is 4.17. The van der Waals surface area contributed by atoms with Gasteiger partial charge in [0, 0.05) is 58.9 Å². The highest BCUT2D eigenvalue weighted by atomic mass is 32.2. The zero-order valence-corrected chi connectivity index (χ0v) is 25.8. The molecule has 2 aromatic rings. The van der Waals surface area contributed by atoms with Crippen molar-refractivity contribution >= 4 is 21.5 Å². The fourth-order valence-electron chi connectivity index (χ4n) is 6.79. The lowest BCUT2D eigenvalue weighted by Gasteiger charge is -2.37. The van der Waals surface area contributed by atoms with Gasteiger partial charge in [0.1, 0.15) is 5.76 Å². The van der Waals surface area contributed by atoms with Crippen LogP contribution in [0.3, 0.4) is 0 Å². The number of hydrogen-bond donors (Lipinski definition) is 4. The second-order valence-corrected chi connectivity index (χ2v) is 13.9. The Kier molecular flexibility index (Phi) is 7.85. The minimum absolute atomic E-state index is 0.121. The molecule has 9 heteroatoms. The van der Waals surface area contributed by atoms with Crippen LogP contribution in [0.25, 0.3) is 0 Å². The first kappa shape index (κ1) is 30.4. The van der Waals surface area contributed by atoms with Crippen LogP contribution in [0.4, 0.5) is 11.4 Å². The highest BCUT2D eigenvalue weighted by molar-refractivity contribution is 7.85. The molecule has 3 aliphatic rings. The topological polar surface area (TPSA) is 122 Å². The summed E-state index contributed by atoms with van der Waals surface area (Å²) < 4.78 is 33.3. The second-order valence-electron chi connectivity index (χ2n) is 12.5. The zero-order chi connectivity index (χ0) is 30.6. The zero-order valence-electron chi connectivity index (χ0n) is 25.0. The van der Waals surface area contributed by atoms with E-state index in [0.29, 0.717) is 12.1 Å². The number of para-hydroxylation sites is 1. The van der Waals surface area contributed by atoms with Crippen molar-refractivity contribution in [3.63, 3.8) is 0 Å². The molecule has 0 fully saturated rings. The molecular weight excluding hydrogens is 552 g/mol. The summed E-state index contributed by atoms with van der Waals surface area (Å²) in [6.07, 6.45) is 5.49. The minimum atomic E-state index is -4.36. The van der Waals surface area contributed by atoms with Gasteiger partial charge in [-0.1, -0.05) is 52.0 Å². The monoisotopic (exact) mass is 594 g/mol. The summed E-state index contributed by atoms with van der Waals surface area (Å²) in [6, 6.07) is 12.9. The van der Waals surface area contributed by atoms with Crippen LogP contribution in [0.2, 0.25) is 0 Å². The number of likely N-dealkylation sites (N-methyl/N-ethyl adjacent to an activating group) is 1. The van der Waals surface area contributed by atoms with Gasteiger partial charge in [-0.2, -0.15) is 8.42 Å². The van der Waals surface area contributed by atoms with Crippen molar-refractivity contribution in [2.24, 2.45) is 5.92 Å². The van der Waals surface area contributed by atoms with Crippen molar-refractivity contribution in [1.29, 1.82) is 0 Å². The predicted octanol–water partition coefficient (Wildman–Crippen LogP) is 5.58. The molecule has 5 rings (SSSR count). The number of allylic oxidation sites excluding steroid dienone is 2. The van der Waals surface area contributed by atoms with Crippen molar-refractivity contribution < 1.29 is 28.3 Å². The Morgan fingerprint density at radius 1 is 0.905 bits per heavy atom. The molecule has 8 nitrogen and oxygen atoms in total. The number of rotatable bonds is 9. The third-order valence-corrected chi connectivity index (χ3v) is 10.1. The fourth-order valence-corrected chi connectivity index (χ4v) is 7.30. The molecule has 2 aromatic carbocycles. The number of benzene rings is 2. The molecule has 42 heavy (non-hydrogen) atoms. The lowest BCUT2D eigenvalue weighted by molar-refractivity contribution is 0.112. The van der Waals surface area contributed by atoms with Gasteiger partial charge in [-0.25, -0.2) is 0 Å². The van der Waals surface area contributed by atoms with E-state index < -0.39 is 27.6 Å². The maximum atomic E-state index is 11.8. The molecule has 0 radical (unpaired) electrons. The first-order chi connectivity index (χ1) is 19.7. The molecule has 226 valence electrons. The van der Waals surface area contributed by atoms with Crippen LogP contribution in [0.1, 0.15) is 65.0 Å². The number of fused-ring (bicyclic) bond motifs is 2. The van der Waals surface area contributed by atoms with Crippen molar-refractivity contribution in [2.75, 3.05) is 29.5 Å². The van der Waals surface area contributed by atoms with E-state index in [-0.39, 0.29) is 22.7 Å². The first-order valence-electron chi connectivity index (χ1n) is 14.7. The number of nitrogens with zero attached hydrogens (tertiary/aromatic N) is 2. The molecule has 2 atom stereocenters. The molecule has 0 spiro atoms. The van der Waals surface area contributed by atoms with Gasteiger partial charge in [-0.3, -0.25) is 4.55 Å². The van der Waals surface area contributed by atoms with E-state index >= 15 is 0 Å². The van der Waals surface area contributed by atoms with Crippen LogP contribution in [-0.2, 0) is 20.9 Å². The van der Waals surface area contributed by atoms with Crippen LogP contribution < -0.4 is 9.80 Å². The second kappa shape index (κ2) is 10.9. The van der Waals surface area contributed by atoms with Crippen molar-refractivity contribution in [1.82, 2.24) is 0 Å². The van der Waals surface area contributed by atoms with E-state index in [1.165, 1.54) is 17.7 Å². The maximum absolute atomic E-state index is 11.8. The Hall–Kier alpha value is -3.11. The van der Waals surface area contributed by atoms with Gasteiger partial charge in [0.05, 0.1) is 16.9 Å². The highest BCUT2D eigenvalue weighted by Crippen LogP contribution is 2.52. The first-order valence-corrected chi connectivity index (χ1v) is 16.1. The Bertz CT molecular complexity index is 1590. The smallest absolute Gasteiger partial charge is 0.294 e. The Balaban J connectivity index is 1.50. The molecule has 0 amide bonds. The molecule has 0 aromatic heterocycles. The van der Waals surface area contributed by atoms with Crippen molar-refractivity contribution in [2.45, 2.75) is 75.7 Å². The average Bonchev–Trinajstić information content (AvgIpc) is 3.29. The quantitative estimate of drug-likeness (QED) is 0.219. The molecule has 2 unspecified atom stereocenters. The summed E-state index contributed by atoms with van der Waals surface area (Å²) >= 11 is 0. The maximum Gasteiger partial charge on any atom is 0.294 e. The molecule has 0 bridgehead atoms. The summed E-state index contributed by atoms with van der Waals surface area (Å²) in [5.74, 6) is -0.489. The summed E-state index contributed by atoms with van der Waals surface area (Å²) in [5, 5.41) is 31.9. The lowest BCUT2D eigenvalue weighted by Crippen LogP contribution is -2.38. The fraction of sp³-hybridized carbons (Fsp3) is 0.455. The number of aliphatic hydroxyl groups excluding tert-OH is 3. The van der Waals surface area contributed by atoms with Gasteiger partial charge in [-0.15, -0.1) is 0 Å². The van der Waals surface area contributed by atoms with E-state index in [0.717, 1.165) is 54.1 Å². The third-order valence-electron chi connectivity index (χ3n) is 9.22. The van der Waals surface area contributed by atoms with Gasteiger partial charge >= 0.3 is 0 Å². The van der Waals surface area contributed by atoms with Crippen molar-refractivity contribution in [3.8, 4) is 0 Å². The molecule has 1 aliphatic carbocycles. The molecule has 2 aliphatic heterocycles. The molecular formula is C33H42N2O6S. The van der Waals surface area contributed by atoms with E-state index in [2.05, 4.69) is 35.8 Å². The average molecular weight is 595 g/mol. The Morgan fingerprint density at radius 2 is 1.57 bits per heavy atom. The normalized spacial score (nSPS) is 24.4. The van der Waals surface area contributed by atoms with Crippen LogP contribution in [0.15, 0.2) is 82.2 Å². The summed E-state index contributed by atoms with van der Waals surface area (Å²) in [6.45, 7) is 11.8. The molecule has 4 N–H and O–H groups in total. The van der Waals surface area contributed by atoms with Gasteiger partial charge in [0.2, 0.25) is 0 Å². The van der Waals surface area contributed by atoms with Crippen molar-refractivity contribution in [3.05, 3.63) is 88.5 Å². The number of hydrogen-bond acceptors (Lipinski definition) is 7. The van der Waals surface area contributed by atoms with E-state index in [4.69, 9.17) is 0 Å². The Labute approximate surface area is 249 Å².